The van der Waals surface area contributed by atoms with Gasteiger partial charge in [0.25, 0.3) is 5.75 Å². The molecule has 1 aromatic heterocycles. The lowest BCUT2D eigenvalue weighted by atomic mass is 10.0. The van der Waals surface area contributed by atoms with Gasteiger partial charge in [0, 0.05) is 41.6 Å². The molecule has 172 valence electrons. The summed E-state index contributed by atoms with van der Waals surface area (Å²) in [6, 6.07) is 7.99. The highest BCUT2D eigenvalue weighted by Crippen LogP contribution is 2.32. The number of nitrogens with zero attached hydrogens (tertiary/aromatic N) is 6. The smallest absolute Gasteiger partial charge is 0.465 e. The highest BCUT2D eigenvalue weighted by Gasteiger charge is 2.34. The topological polar surface area (TPSA) is 114 Å². The number of fused-ring (bicyclic) bond motifs is 1. The summed E-state index contributed by atoms with van der Waals surface area (Å²) in [4.78, 5) is 26.8. The molecule has 33 heavy (non-hydrogen) atoms. The van der Waals surface area contributed by atoms with Crippen molar-refractivity contribution in [3.63, 3.8) is 0 Å². The summed E-state index contributed by atoms with van der Waals surface area (Å²) in [5.41, 5.74) is 5.63. The van der Waals surface area contributed by atoms with Gasteiger partial charge >= 0.3 is 17.8 Å². The van der Waals surface area contributed by atoms with Gasteiger partial charge in [0.05, 0.1) is 30.8 Å². The summed E-state index contributed by atoms with van der Waals surface area (Å²) >= 11 is 0.439. The fraction of sp³-hybridized carbons (Fsp3) is 0.478. The van der Waals surface area contributed by atoms with Crippen molar-refractivity contribution in [3.8, 4) is 6.07 Å². The van der Waals surface area contributed by atoms with Crippen LogP contribution in [-0.2, 0) is 34.6 Å². The molecule has 1 N–H and O–H groups in total. The molecule has 1 atom stereocenters. The van der Waals surface area contributed by atoms with Gasteiger partial charge in [0.15, 0.2) is 5.82 Å². The van der Waals surface area contributed by atoms with Gasteiger partial charge in [-0.3, -0.25) is 0 Å². The van der Waals surface area contributed by atoms with Crippen molar-refractivity contribution in [1.82, 2.24) is 14.9 Å². The number of aromatic nitrogens is 2. The number of aryl methyl sites for hydroxylation is 1. The lowest BCUT2D eigenvalue weighted by Gasteiger charge is -2.41. The minimum absolute atomic E-state index is 0.125. The van der Waals surface area contributed by atoms with Crippen molar-refractivity contribution < 1.29 is 14.1 Å². The van der Waals surface area contributed by atoms with Crippen LogP contribution in [0.3, 0.4) is 0 Å². The van der Waals surface area contributed by atoms with Gasteiger partial charge in [-0.15, -0.1) is 0 Å². The number of anilines is 2. The van der Waals surface area contributed by atoms with Gasteiger partial charge in [0.2, 0.25) is 0 Å². The Labute approximate surface area is 197 Å². The molecule has 2 aliphatic heterocycles. The molecule has 1 amide bonds. The van der Waals surface area contributed by atoms with E-state index in [-0.39, 0.29) is 12.2 Å². The summed E-state index contributed by atoms with van der Waals surface area (Å²) in [7, 11) is 0. The fourth-order valence-corrected chi connectivity index (χ4v) is 4.94. The van der Waals surface area contributed by atoms with Crippen LogP contribution < -0.4 is 9.80 Å². The second kappa shape index (κ2) is 9.67. The Morgan fingerprint density at radius 2 is 2.06 bits per heavy atom. The Kier molecular flexibility index (Phi) is 6.70. The van der Waals surface area contributed by atoms with E-state index in [0.717, 1.165) is 30.0 Å². The third-order valence-electron chi connectivity index (χ3n) is 6.55. The molecule has 0 radical (unpaired) electrons. The van der Waals surface area contributed by atoms with Crippen molar-refractivity contribution in [2.24, 2.45) is 0 Å². The average Bonchev–Trinajstić information content (AvgIpc) is 2.80. The van der Waals surface area contributed by atoms with Crippen molar-refractivity contribution >= 4 is 29.3 Å². The second-order valence-electron chi connectivity index (χ2n) is 8.48. The minimum atomic E-state index is -1.01. The molecule has 0 aliphatic carbocycles. The highest BCUT2D eigenvalue weighted by molar-refractivity contribution is 7.64. The summed E-state index contributed by atoms with van der Waals surface area (Å²) in [5, 5.41) is 18.7. The molecule has 0 spiro atoms. The molecule has 1 aromatic carbocycles. The van der Waals surface area contributed by atoms with E-state index in [0.29, 0.717) is 43.7 Å². The van der Waals surface area contributed by atoms with Crippen LogP contribution in [0.15, 0.2) is 18.2 Å². The van der Waals surface area contributed by atoms with Gasteiger partial charge in [-0.05, 0) is 37.5 Å². The molecule has 0 bridgehead atoms. The molecule has 9 nitrogen and oxygen atoms in total. The molecule has 10 heteroatoms. The van der Waals surface area contributed by atoms with E-state index in [1.807, 2.05) is 0 Å². The Morgan fingerprint density at radius 3 is 2.79 bits per heavy atom. The Hall–Kier alpha value is -3.32. The first-order valence-electron chi connectivity index (χ1n) is 11.0. The highest BCUT2D eigenvalue weighted by atomic mass is 32.1. The van der Waals surface area contributed by atoms with Crippen molar-refractivity contribution in [3.05, 3.63) is 46.4 Å². The normalized spacial score (nSPS) is 18.0. The predicted octanol–water partition coefficient (Wildman–Crippen LogP) is 2.67. The van der Waals surface area contributed by atoms with Gasteiger partial charge in [0.1, 0.15) is 5.82 Å². The van der Waals surface area contributed by atoms with Crippen molar-refractivity contribution in [2.45, 2.75) is 45.0 Å². The maximum Gasteiger partial charge on any atom is 0.467 e. The lowest BCUT2D eigenvalue weighted by molar-refractivity contribution is 0.119. The number of carbonyl (C=O) groups is 1. The van der Waals surface area contributed by atoms with Crippen LogP contribution in [-0.4, -0.2) is 58.3 Å². The third kappa shape index (κ3) is 4.59. The number of amides is 1. The van der Waals surface area contributed by atoms with Gasteiger partial charge < -0.3 is 19.8 Å². The summed E-state index contributed by atoms with van der Waals surface area (Å²) < 4.78 is 11.3. The van der Waals surface area contributed by atoms with Gasteiger partial charge in [-0.2, -0.15) is 5.26 Å². The first-order chi connectivity index (χ1) is 15.9. The van der Waals surface area contributed by atoms with E-state index >= 15 is 0 Å². The molecule has 1 saturated heterocycles. The molecule has 2 aromatic rings. The zero-order valence-corrected chi connectivity index (χ0v) is 19.6. The maximum absolute atomic E-state index is 11.6. The average molecular weight is 468 g/mol. The first kappa shape index (κ1) is 22.9. The van der Waals surface area contributed by atoms with E-state index in [2.05, 4.69) is 47.9 Å². The van der Waals surface area contributed by atoms with Crippen LogP contribution in [0.25, 0.3) is 0 Å². The third-order valence-corrected chi connectivity index (χ3v) is 6.93. The van der Waals surface area contributed by atoms with Gasteiger partial charge in [-0.25, -0.2) is 14.8 Å². The Morgan fingerprint density at radius 1 is 1.24 bits per heavy atom. The summed E-state index contributed by atoms with van der Waals surface area (Å²) in [5.74, 6) is 1.43. The Bertz CT molecular complexity index is 1120. The molecular weight excluding hydrogens is 440 g/mol. The summed E-state index contributed by atoms with van der Waals surface area (Å²) in [6.07, 6.45) is -0.128. The zero-order chi connectivity index (χ0) is 23.5. The first-order valence-corrected chi connectivity index (χ1v) is 11.9. The van der Waals surface area contributed by atoms with Crippen LogP contribution in [0.1, 0.15) is 34.6 Å². The minimum Gasteiger partial charge on any atom is -0.465 e. The maximum atomic E-state index is 11.6. The second-order valence-corrected chi connectivity index (χ2v) is 9.00. The molecule has 4 rings (SSSR count). The van der Waals surface area contributed by atoms with E-state index in [4.69, 9.17) is 9.97 Å². The van der Waals surface area contributed by atoms with Gasteiger partial charge in [-0.1, -0.05) is 12.1 Å². The number of carboxylic acid groups (broad SMARTS) is 1. The standard InChI is InChI=1S/C23H26N6O3S/c1-15-4-3-5-20(16(15)2)27-9-7-18-19(13-27)25-21(14-33-32)26-22(18)28-10-11-29(23(30)31)17(12-28)6-8-24/h3-5,17H,6-7,9-14H2,1-2H3/p+1/t17-/m0/s1. The van der Waals surface area contributed by atoms with E-state index in [1.54, 1.807) is 0 Å². The quantitative estimate of drug-likeness (QED) is 0.668. The largest absolute Gasteiger partial charge is 0.467 e. The molecule has 3 heterocycles. The molecule has 0 saturated carbocycles. The lowest BCUT2D eigenvalue weighted by Crippen LogP contribution is -2.55. The zero-order valence-electron chi connectivity index (χ0n) is 18.8. The van der Waals surface area contributed by atoms with E-state index < -0.39 is 12.1 Å². The van der Waals surface area contributed by atoms with Crippen LogP contribution >= 0.6 is 0 Å². The summed E-state index contributed by atoms with van der Waals surface area (Å²) in [6.45, 7) is 6.87. The molecule has 0 unspecified atom stereocenters. The number of hydrogen-bond donors (Lipinski definition) is 1. The van der Waals surface area contributed by atoms with E-state index in [1.165, 1.54) is 21.7 Å². The van der Waals surface area contributed by atoms with Crippen LogP contribution in [0.2, 0.25) is 0 Å². The van der Waals surface area contributed by atoms with Crippen molar-refractivity contribution in [2.75, 3.05) is 36.0 Å². The van der Waals surface area contributed by atoms with Crippen LogP contribution in [0, 0.1) is 25.2 Å². The number of hydrogen-bond acceptors (Lipinski definition) is 7. The van der Waals surface area contributed by atoms with Crippen LogP contribution in [0.4, 0.5) is 16.3 Å². The number of nitriles is 1. The predicted molar refractivity (Wildman–Crippen MR) is 125 cm³/mol. The number of piperazine rings is 1. The Balaban J connectivity index is 1.68. The monoisotopic (exact) mass is 467 g/mol. The number of rotatable bonds is 5. The van der Waals surface area contributed by atoms with Crippen LogP contribution in [0.5, 0.6) is 0 Å². The van der Waals surface area contributed by atoms with Crippen molar-refractivity contribution in [1.29, 1.82) is 5.26 Å². The molecular formula is C23H27N6O3S+. The number of benzene rings is 1. The SMILES string of the molecule is Cc1cccc(N2CCc3c(nc(C[S+]=O)nc3N3CCN(C(=O)O)[C@@H](CC#N)C3)C2)c1C. The fourth-order valence-electron chi connectivity index (χ4n) is 4.70. The molecule has 1 fully saturated rings. The molecule has 2 aliphatic rings. The van der Waals surface area contributed by atoms with E-state index in [9.17, 15) is 19.4 Å².